The van der Waals surface area contributed by atoms with Gasteiger partial charge in [0, 0.05) is 0 Å². The van der Waals surface area contributed by atoms with Gasteiger partial charge in [0.2, 0.25) is 0 Å². The van der Waals surface area contributed by atoms with Gasteiger partial charge < -0.3 is 1.43 Å². The van der Waals surface area contributed by atoms with Gasteiger partial charge >= 0.3 is 29.6 Å². The van der Waals surface area contributed by atoms with Crippen LogP contribution in [-0.4, -0.2) is 20.8 Å². The van der Waals surface area contributed by atoms with Crippen LogP contribution in [0.4, 0.5) is 0 Å². The molecule has 0 bridgehead atoms. The maximum Gasteiger partial charge on any atom is 1.00 e. The third-order valence-corrected chi connectivity index (χ3v) is 2.05. The minimum absolute atomic E-state index is 0. The van der Waals surface area contributed by atoms with E-state index >= 15 is 0 Å². The largest absolute Gasteiger partial charge is 1.00 e. The first-order valence-electron chi connectivity index (χ1n) is 2.99. The van der Waals surface area contributed by atoms with Crippen LogP contribution in [0.1, 0.15) is 21.7 Å². The Balaban J connectivity index is -0.000000320. The topological polar surface area (TPSA) is 43.4 Å². The zero-order valence-corrected chi connectivity index (χ0v) is 9.57. The second-order valence-corrected chi connectivity index (χ2v) is 3.60. The molecule has 0 unspecified atom stereocenters. The number of hydrogen-bond donors (Lipinski definition) is 0. The molecule has 0 saturated heterocycles. The molecule has 0 aromatic heterocycles. The summed E-state index contributed by atoms with van der Waals surface area (Å²) in [5.74, 6) is 0.0625. The van der Waals surface area contributed by atoms with Gasteiger partial charge in [-0.3, -0.25) is 4.18 Å². The molecule has 0 fully saturated rings. The zero-order chi connectivity index (χ0) is 7.33. The Morgan fingerprint density at radius 1 is 1.40 bits per heavy atom. The molecule has 0 heterocycles. The Labute approximate surface area is 86.0 Å². The van der Waals surface area contributed by atoms with Crippen molar-refractivity contribution in [1.82, 2.24) is 0 Å². The molecular weight excluding hydrogens is 163 g/mol. The standard InChI is InChI=1S/C5H12O3S.Na.H/c1-3-5-8-9(6,7)4-2;;/h3-5H2,1-2H3;;/q;+1;-1. The van der Waals surface area contributed by atoms with Crippen molar-refractivity contribution >= 4 is 10.1 Å². The van der Waals surface area contributed by atoms with E-state index in [-0.39, 0.29) is 36.7 Å². The average molecular weight is 176 g/mol. The molecule has 0 amide bonds. The van der Waals surface area contributed by atoms with Crippen LogP contribution >= 0.6 is 0 Å². The van der Waals surface area contributed by atoms with Crippen LogP contribution in [0.15, 0.2) is 0 Å². The minimum Gasteiger partial charge on any atom is -1.00 e. The fourth-order valence-electron chi connectivity index (χ4n) is 0.294. The van der Waals surface area contributed by atoms with Crippen LogP contribution in [0.3, 0.4) is 0 Å². The molecule has 0 aliphatic rings. The maximum atomic E-state index is 10.5. The summed E-state index contributed by atoms with van der Waals surface area (Å²) in [5, 5.41) is 0. The van der Waals surface area contributed by atoms with Crippen LogP contribution in [0.5, 0.6) is 0 Å². The molecule has 0 radical (unpaired) electrons. The first-order chi connectivity index (χ1) is 4.12. The fourth-order valence-corrected chi connectivity index (χ4v) is 0.881. The molecule has 0 N–H and O–H groups in total. The molecule has 0 aliphatic carbocycles. The smallest absolute Gasteiger partial charge is 1.00 e. The van der Waals surface area contributed by atoms with Crippen LogP contribution in [-0.2, 0) is 14.3 Å². The summed E-state index contributed by atoms with van der Waals surface area (Å²) in [7, 11) is -3.18. The summed E-state index contributed by atoms with van der Waals surface area (Å²) in [6.45, 7) is 3.73. The predicted octanol–water partition coefficient (Wildman–Crippen LogP) is -2.12. The fraction of sp³-hybridized carbons (Fsp3) is 1.00. The van der Waals surface area contributed by atoms with Crippen molar-refractivity contribution in [3.8, 4) is 0 Å². The summed E-state index contributed by atoms with van der Waals surface area (Å²) < 4.78 is 25.6. The Morgan fingerprint density at radius 2 is 1.90 bits per heavy atom. The van der Waals surface area contributed by atoms with Crippen molar-refractivity contribution < 1.29 is 43.6 Å². The molecule has 0 aromatic carbocycles. The Bertz CT molecular complexity index is 157. The summed E-state index contributed by atoms with van der Waals surface area (Å²) in [6.07, 6.45) is 0.735. The van der Waals surface area contributed by atoms with Gasteiger partial charge in [-0.25, -0.2) is 0 Å². The summed E-state index contributed by atoms with van der Waals surface area (Å²) >= 11 is 0. The SMILES string of the molecule is CCCOS(=O)(=O)CC.[H-].[Na+]. The molecule has 0 saturated carbocycles. The molecule has 58 valence electrons. The van der Waals surface area contributed by atoms with E-state index in [1.807, 2.05) is 6.92 Å². The molecule has 0 aliphatic heterocycles. The Morgan fingerprint density at radius 3 is 2.20 bits per heavy atom. The second-order valence-electron chi connectivity index (χ2n) is 1.67. The average Bonchev–Trinajstić information content (AvgIpc) is 1.84. The number of hydrogen-bond acceptors (Lipinski definition) is 3. The van der Waals surface area contributed by atoms with Crippen molar-refractivity contribution in [1.29, 1.82) is 0 Å². The van der Waals surface area contributed by atoms with Crippen molar-refractivity contribution in [2.24, 2.45) is 0 Å². The second kappa shape index (κ2) is 6.61. The van der Waals surface area contributed by atoms with Gasteiger partial charge in [-0.2, -0.15) is 8.42 Å². The van der Waals surface area contributed by atoms with Crippen LogP contribution in [0, 0.1) is 0 Å². The van der Waals surface area contributed by atoms with Gasteiger partial charge in [0.15, 0.2) is 0 Å². The third kappa shape index (κ3) is 7.02. The molecule has 5 heteroatoms. The van der Waals surface area contributed by atoms with Crippen LogP contribution in [0.2, 0.25) is 0 Å². The maximum absolute atomic E-state index is 10.5. The Kier molecular flexibility index (Phi) is 8.92. The van der Waals surface area contributed by atoms with Crippen LogP contribution in [0.25, 0.3) is 0 Å². The zero-order valence-electron chi connectivity index (χ0n) is 7.75. The molecular formula is C5H13NaO3S. The third-order valence-electron chi connectivity index (χ3n) is 0.821. The summed E-state index contributed by atoms with van der Waals surface area (Å²) in [6, 6.07) is 0. The van der Waals surface area contributed by atoms with E-state index in [1.165, 1.54) is 0 Å². The molecule has 0 rings (SSSR count). The van der Waals surface area contributed by atoms with Gasteiger partial charge in [0.25, 0.3) is 10.1 Å². The molecule has 0 atom stereocenters. The van der Waals surface area contributed by atoms with E-state index in [0.29, 0.717) is 6.61 Å². The first-order valence-corrected chi connectivity index (χ1v) is 4.57. The quantitative estimate of drug-likeness (QED) is 0.363. The van der Waals surface area contributed by atoms with Crippen LogP contribution < -0.4 is 29.6 Å². The Hall–Kier alpha value is 0.910. The van der Waals surface area contributed by atoms with Gasteiger partial charge in [0.05, 0.1) is 12.4 Å². The minimum atomic E-state index is -3.18. The molecule has 0 spiro atoms. The monoisotopic (exact) mass is 176 g/mol. The first kappa shape index (κ1) is 13.5. The van der Waals surface area contributed by atoms with E-state index in [4.69, 9.17) is 0 Å². The van der Waals surface area contributed by atoms with Gasteiger partial charge in [-0.1, -0.05) is 6.92 Å². The van der Waals surface area contributed by atoms with E-state index in [2.05, 4.69) is 4.18 Å². The van der Waals surface area contributed by atoms with Crippen molar-refractivity contribution in [2.75, 3.05) is 12.4 Å². The van der Waals surface area contributed by atoms with Gasteiger partial charge in [0.1, 0.15) is 0 Å². The van der Waals surface area contributed by atoms with Crippen molar-refractivity contribution in [3.05, 3.63) is 0 Å². The van der Waals surface area contributed by atoms with Gasteiger partial charge in [-0.05, 0) is 13.3 Å². The van der Waals surface area contributed by atoms with E-state index in [0.717, 1.165) is 6.42 Å². The predicted molar refractivity (Wildman–Crippen MR) is 36.8 cm³/mol. The summed E-state index contributed by atoms with van der Waals surface area (Å²) in [4.78, 5) is 0. The van der Waals surface area contributed by atoms with Crippen molar-refractivity contribution in [3.63, 3.8) is 0 Å². The van der Waals surface area contributed by atoms with E-state index in [9.17, 15) is 8.42 Å². The normalized spacial score (nSPS) is 10.6. The molecule has 3 nitrogen and oxygen atoms in total. The van der Waals surface area contributed by atoms with E-state index < -0.39 is 10.1 Å². The number of rotatable bonds is 4. The van der Waals surface area contributed by atoms with Gasteiger partial charge in [-0.15, -0.1) is 0 Å². The summed E-state index contributed by atoms with van der Waals surface area (Å²) in [5.41, 5.74) is 0. The molecule has 10 heavy (non-hydrogen) atoms. The van der Waals surface area contributed by atoms with E-state index in [1.54, 1.807) is 6.92 Å². The molecule has 0 aromatic rings. The van der Waals surface area contributed by atoms with Crippen molar-refractivity contribution in [2.45, 2.75) is 20.3 Å².